The normalized spacial score (nSPS) is 12.0. The number of nitrogens with zero attached hydrogens (tertiary/aromatic N) is 1. The van der Waals surface area contributed by atoms with E-state index in [0.717, 1.165) is 5.92 Å². The average Bonchev–Trinajstić information content (AvgIpc) is 2.17. The van der Waals surface area contributed by atoms with E-state index in [1.165, 1.54) is 25.7 Å². The van der Waals surface area contributed by atoms with E-state index in [0.29, 0.717) is 0 Å². The first kappa shape index (κ1) is 14.1. The van der Waals surface area contributed by atoms with Crippen LogP contribution in [0.3, 0.4) is 0 Å². The minimum Gasteiger partial charge on any atom is -0.331 e. The van der Waals surface area contributed by atoms with Crippen LogP contribution in [0.1, 0.15) is 20.8 Å². The summed E-state index contributed by atoms with van der Waals surface area (Å²) in [5.74, 6) is 0.777. The van der Waals surface area contributed by atoms with Crippen molar-refractivity contribution < 1.29 is 0 Å². The Labute approximate surface area is 91.0 Å². The predicted octanol–water partition coefficient (Wildman–Crippen LogP) is 0.624. The monoisotopic (exact) mass is 217 g/mol. The van der Waals surface area contributed by atoms with Crippen LogP contribution >= 0.6 is 0 Å². The maximum Gasteiger partial charge on any atom is 0.185 e. The minimum atomic E-state index is -0.849. The molecular weight excluding hydrogens is 190 g/mol. The van der Waals surface area contributed by atoms with Crippen molar-refractivity contribution in [3.05, 3.63) is 0 Å². The summed E-state index contributed by atoms with van der Waals surface area (Å²) < 4.78 is 0. The Morgan fingerprint density at radius 3 is 2.14 bits per heavy atom. The molecule has 0 radical (unpaired) electrons. The van der Waals surface area contributed by atoms with E-state index in [4.69, 9.17) is 0 Å². The summed E-state index contributed by atoms with van der Waals surface area (Å²) >= 11 is 0. The van der Waals surface area contributed by atoms with Crippen molar-refractivity contribution in [1.29, 1.82) is 0 Å². The van der Waals surface area contributed by atoms with Gasteiger partial charge in [0.25, 0.3) is 0 Å². The van der Waals surface area contributed by atoms with Crippen molar-refractivity contribution in [1.82, 2.24) is 14.9 Å². The molecule has 0 aromatic carbocycles. The van der Waals surface area contributed by atoms with E-state index >= 15 is 0 Å². The second-order valence-corrected chi connectivity index (χ2v) is 7.04. The van der Waals surface area contributed by atoms with Gasteiger partial charge in [-0.2, -0.15) is 0 Å². The molecule has 0 aromatic heterocycles. The van der Waals surface area contributed by atoms with Crippen LogP contribution in [0.5, 0.6) is 0 Å². The van der Waals surface area contributed by atoms with Crippen molar-refractivity contribution in [2.75, 3.05) is 33.7 Å². The Kier molecular flexibility index (Phi) is 8.47. The molecule has 0 saturated heterocycles. The highest BCUT2D eigenvalue weighted by Gasteiger charge is 2.09. The Balaban J connectivity index is 3.70. The second-order valence-electron chi connectivity index (χ2n) is 4.21. The zero-order valence-corrected chi connectivity index (χ0v) is 11.6. The average molecular weight is 217 g/mol. The first-order valence-corrected chi connectivity index (χ1v) is 7.68. The van der Waals surface area contributed by atoms with Gasteiger partial charge in [0.1, 0.15) is 0 Å². The molecule has 0 aliphatic carbocycles. The molecule has 0 heterocycles. The van der Waals surface area contributed by atoms with Crippen LogP contribution < -0.4 is 9.96 Å². The van der Waals surface area contributed by atoms with Crippen molar-refractivity contribution in [2.24, 2.45) is 5.92 Å². The van der Waals surface area contributed by atoms with Crippen molar-refractivity contribution in [3.8, 4) is 0 Å². The van der Waals surface area contributed by atoms with Gasteiger partial charge in [-0.25, -0.2) is 0 Å². The van der Waals surface area contributed by atoms with Gasteiger partial charge < -0.3 is 14.9 Å². The van der Waals surface area contributed by atoms with E-state index < -0.39 is 9.12 Å². The van der Waals surface area contributed by atoms with Gasteiger partial charge in [0.15, 0.2) is 9.12 Å². The van der Waals surface area contributed by atoms with Gasteiger partial charge in [0.2, 0.25) is 0 Å². The molecule has 0 aromatic rings. The Bertz CT molecular complexity index is 127. The van der Waals surface area contributed by atoms with Crippen molar-refractivity contribution in [3.63, 3.8) is 0 Å². The molecule has 3 nitrogen and oxygen atoms in total. The molecule has 0 amide bonds. The van der Waals surface area contributed by atoms with Crippen LogP contribution in [0.2, 0.25) is 6.04 Å². The lowest BCUT2D eigenvalue weighted by molar-refractivity contribution is 0.268. The van der Waals surface area contributed by atoms with E-state index in [9.17, 15) is 0 Å². The van der Waals surface area contributed by atoms with Crippen molar-refractivity contribution in [2.45, 2.75) is 26.8 Å². The molecule has 4 heteroatoms. The highest BCUT2D eigenvalue weighted by Crippen LogP contribution is 2.00. The Hall–Kier alpha value is 0.0969. The number of hydrogen-bond acceptors (Lipinski definition) is 3. The molecule has 0 aliphatic heterocycles. The lowest BCUT2D eigenvalue weighted by atomic mass is 10.2. The smallest absolute Gasteiger partial charge is 0.185 e. The standard InChI is InChI=1S/C10H27N3Si/c1-6-13(9-10(2)3)7-8-14(11-4)12-5/h10-12,14H,6-9H2,1-5H3. The zero-order valence-electron chi connectivity index (χ0n) is 10.4. The van der Waals surface area contributed by atoms with E-state index in [1.54, 1.807) is 0 Å². The largest absolute Gasteiger partial charge is 0.331 e. The van der Waals surface area contributed by atoms with Gasteiger partial charge in [0.05, 0.1) is 0 Å². The molecule has 14 heavy (non-hydrogen) atoms. The Morgan fingerprint density at radius 2 is 1.79 bits per heavy atom. The Morgan fingerprint density at radius 1 is 1.21 bits per heavy atom. The summed E-state index contributed by atoms with van der Waals surface area (Å²) in [5, 5.41) is 0. The lowest BCUT2D eigenvalue weighted by Crippen LogP contribution is -2.45. The van der Waals surface area contributed by atoms with Crippen LogP contribution in [-0.4, -0.2) is 47.7 Å². The molecule has 0 rings (SSSR count). The minimum absolute atomic E-state index is 0.777. The molecule has 2 N–H and O–H groups in total. The van der Waals surface area contributed by atoms with Gasteiger partial charge in [-0.3, -0.25) is 0 Å². The first-order chi connectivity index (χ1) is 6.63. The fourth-order valence-electron chi connectivity index (χ4n) is 1.64. The molecule has 0 bridgehead atoms. The van der Waals surface area contributed by atoms with Gasteiger partial charge in [-0.05, 0) is 39.1 Å². The molecule has 0 atom stereocenters. The van der Waals surface area contributed by atoms with Crippen LogP contribution in [0.4, 0.5) is 0 Å². The van der Waals surface area contributed by atoms with E-state index in [1.807, 2.05) is 0 Å². The molecule has 0 aliphatic rings. The van der Waals surface area contributed by atoms with Crippen LogP contribution in [0, 0.1) is 5.92 Å². The molecular formula is C10H27N3Si. The van der Waals surface area contributed by atoms with Gasteiger partial charge in [-0.15, -0.1) is 0 Å². The predicted molar refractivity (Wildman–Crippen MR) is 67.0 cm³/mol. The van der Waals surface area contributed by atoms with E-state index in [-0.39, 0.29) is 0 Å². The van der Waals surface area contributed by atoms with Gasteiger partial charge >= 0.3 is 0 Å². The molecule has 86 valence electrons. The highest BCUT2D eigenvalue weighted by atomic mass is 28.3. The summed E-state index contributed by atoms with van der Waals surface area (Å²) in [7, 11) is 3.27. The van der Waals surface area contributed by atoms with Crippen LogP contribution in [0.25, 0.3) is 0 Å². The number of rotatable bonds is 8. The summed E-state index contributed by atoms with van der Waals surface area (Å²) in [6.45, 7) is 10.4. The van der Waals surface area contributed by atoms with Gasteiger partial charge in [0, 0.05) is 6.54 Å². The maximum atomic E-state index is 3.39. The third-order valence-electron chi connectivity index (χ3n) is 2.50. The first-order valence-electron chi connectivity index (χ1n) is 5.70. The zero-order chi connectivity index (χ0) is 11.0. The third-order valence-corrected chi connectivity index (χ3v) is 4.73. The van der Waals surface area contributed by atoms with Crippen molar-refractivity contribution >= 4 is 9.12 Å². The maximum absolute atomic E-state index is 3.39. The third kappa shape index (κ3) is 6.54. The number of nitrogens with one attached hydrogen (secondary N) is 2. The second kappa shape index (κ2) is 8.41. The molecule has 0 saturated carbocycles. The fourth-order valence-corrected chi connectivity index (χ4v) is 3.13. The quantitative estimate of drug-likeness (QED) is 0.584. The van der Waals surface area contributed by atoms with Gasteiger partial charge in [-0.1, -0.05) is 20.8 Å². The summed E-state index contributed by atoms with van der Waals surface area (Å²) in [4.78, 5) is 9.31. The van der Waals surface area contributed by atoms with E-state index in [2.05, 4.69) is 49.7 Å². The topological polar surface area (TPSA) is 27.3 Å². The SMILES string of the molecule is CCN(CC[SiH](NC)NC)CC(C)C. The molecule has 0 unspecified atom stereocenters. The molecule has 0 spiro atoms. The summed E-state index contributed by atoms with van der Waals surface area (Å²) in [5.41, 5.74) is 0. The van der Waals surface area contributed by atoms with Crippen LogP contribution in [0.15, 0.2) is 0 Å². The number of hydrogen-bond donors (Lipinski definition) is 2. The molecule has 0 fully saturated rings. The van der Waals surface area contributed by atoms with Crippen LogP contribution in [-0.2, 0) is 0 Å². The lowest BCUT2D eigenvalue weighted by Gasteiger charge is -2.24. The fraction of sp³-hybridized carbons (Fsp3) is 1.00. The summed E-state index contributed by atoms with van der Waals surface area (Å²) in [6, 6.07) is 1.30. The highest BCUT2D eigenvalue weighted by molar-refractivity contribution is 6.53. The summed E-state index contributed by atoms with van der Waals surface area (Å²) in [6.07, 6.45) is 0.